The molecule has 0 saturated heterocycles. The highest BCUT2D eigenvalue weighted by Crippen LogP contribution is 2.36. The van der Waals surface area contributed by atoms with Crippen LogP contribution in [0.3, 0.4) is 0 Å². The number of halogens is 3. The summed E-state index contributed by atoms with van der Waals surface area (Å²) in [7, 11) is -1.75. The Kier molecular flexibility index (Phi) is 8.46. The van der Waals surface area contributed by atoms with Crippen molar-refractivity contribution >= 4 is 8.32 Å². The Morgan fingerprint density at radius 3 is 2.05 bits per heavy atom. The molecule has 0 bridgehead atoms. The maximum Gasteiger partial charge on any atom is 0.389 e. The van der Waals surface area contributed by atoms with E-state index in [9.17, 15) is 13.2 Å². The van der Waals surface area contributed by atoms with E-state index >= 15 is 0 Å². The predicted molar refractivity (Wildman–Crippen MR) is 81.8 cm³/mol. The number of hydrogen-bond acceptors (Lipinski definition) is 3. The molecule has 2 N–H and O–H groups in total. The number of ether oxygens (including phenoxy) is 1. The fourth-order valence-corrected chi connectivity index (χ4v) is 2.43. The summed E-state index contributed by atoms with van der Waals surface area (Å²) in [4.78, 5) is 0. The predicted octanol–water partition coefficient (Wildman–Crippen LogP) is 4.08. The van der Waals surface area contributed by atoms with Crippen molar-refractivity contribution in [1.82, 2.24) is 0 Å². The van der Waals surface area contributed by atoms with Gasteiger partial charge in [-0.1, -0.05) is 20.8 Å². The molecule has 3 nitrogen and oxygen atoms in total. The molecule has 0 aliphatic heterocycles. The second-order valence-electron chi connectivity index (χ2n) is 6.92. The van der Waals surface area contributed by atoms with E-state index in [0.29, 0.717) is 26.2 Å². The molecule has 0 aromatic carbocycles. The summed E-state index contributed by atoms with van der Waals surface area (Å²) in [5.74, 6) is 0. The van der Waals surface area contributed by atoms with Crippen LogP contribution in [0.2, 0.25) is 18.1 Å². The van der Waals surface area contributed by atoms with Crippen molar-refractivity contribution in [3.63, 3.8) is 0 Å². The smallest absolute Gasteiger partial charge is 0.389 e. The van der Waals surface area contributed by atoms with Gasteiger partial charge in [0.05, 0.1) is 13.2 Å². The van der Waals surface area contributed by atoms with Crippen LogP contribution in [0.1, 0.15) is 40.0 Å². The fourth-order valence-electron chi connectivity index (χ4n) is 1.40. The lowest BCUT2D eigenvalue weighted by Crippen LogP contribution is -2.41. The molecule has 0 aliphatic rings. The van der Waals surface area contributed by atoms with Gasteiger partial charge >= 0.3 is 6.18 Å². The van der Waals surface area contributed by atoms with Crippen LogP contribution < -0.4 is 5.73 Å². The van der Waals surface area contributed by atoms with E-state index in [4.69, 9.17) is 14.9 Å². The molecule has 0 amide bonds. The Balaban J connectivity index is 3.65. The van der Waals surface area contributed by atoms with Gasteiger partial charge in [-0.05, 0) is 31.0 Å². The quantitative estimate of drug-likeness (QED) is 0.512. The van der Waals surface area contributed by atoms with Gasteiger partial charge in [-0.25, -0.2) is 0 Å². The van der Waals surface area contributed by atoms with Crippen molar-refractivity contribution in [3.8, 4) is 0 Å². The third kappa shape index (κ3) is 10.3. The van der Waals surface area contributed by atoms with Crippen molar-refractivity contribution in [2.24, 2.45) is 5.73 Å². The second kappa shape index (κ2) is 8.50. The molecule has 0 heterocycles. The minimum absolute atomic E-state index is 0.0483. The molecule has 128 valence electrons. The largest absolute Gasteiger partial charge is 0.414 e. The van der Waals surface area contributed by atoms with E-state index in [1.807, 2.05) is 0 Å². The standard InChI is InChI=1S/C14H30F3NO2Si/c1-13(2,3)21(4,5)20-11-10-19-9-7-12(18)6-8-14(15,16)17/h12H,6-11,18H2,1-5H3. The summed E-state index contributed by atoms with van der Waals surface area (Å²) in [6.45, 7) is 12.2. The lowest BCUT2D eigenvalue weighted by molar-refractivity contribution is -0.136. The first-order valence-corrected chi connectivity index (χ1v) is 10.3. The van der Waals surface area contributed by atoms with Gasteiger partial charge in [0.25, 0.3) is 0 Å². The van der Waals surface area contributed by atoms with E-state index in [-0.39, 0.29) is 11.5 Å². The Morgan fingerprint density at radius 1 is 1.00 bits per heavy atom. The van der Waals surface area contributed by atoms with Gasteiger partial charge in [-0.3, -0.25) is 0 Å². The summed E-state index contributed by atoms with van der Waals surface area (Å²) in [5, 5.41) is 0.160. The molecule has 0 saturated carbocycles. The van der Waals surface area contributed by atoms with Crippen molar-refractivity contribution in [2.75, 3.05) is 19.8 Å². The fraction of sp³-hybridized carbons (Fsp3) is 1.00. The van der Waals surface area contributed by atoms with Gasteiger partial charge in [-0.15, -0.1) is 0 Å². The van der Waals surface area contributed by atoms with E-state index in [0.717, 1.165) is 0 Å². The second-order valence-corrected chi connectivity index (χ2v) is 11.7. The zero-order valence-corrected chi connectivity index (χ0v) is 14.8. The van der Waals surface area contributed by atoms with Crippen molar-refractivity contribution in [3.05, 3.63) is 0 Å². The Morgan fingerprint density at radius 2 is 1.57 bits per heavy atom. The lowest BCUT2D eigenvalue weighted by Gasteiger charge is -2.36. The zero-order chi connectivity index (χ0) is 16.7. The van der Waals surface area contributed by atoms with E-state index in [2.05, 4.69) is 33.9 Å². The maximum absolute atomic E-state index is 12.0. The molecule has 0 rings (SSSR count). The van der Waals surface area contributed by atoms with Crippen LogP contribution in [0, 0.1) is 0 Å². The van der Waals surface area contributed by atoms with Gasteiger partial charge in [-0.2, -0.15) is 13.2 Å². The SMILES string of the molecule is CC(C)(C)[Si](C)(C)OCCOCCC(N)CCC(F)(F)F. The summed E-state index contributed by atoms with van der Waals surface area (Å²) < 4.78 is 47.3. The van der Waals surface area contributed by atoms with Crippen LogP contribution >= 0.6 is 0 Å². The molecule has 0 fully saturated rings. The molecular weight excluding hydrogens is 299 g/mol. The first kappa shape index (κ1) is 20.9. The molecule has 0 aliphatic carbocycles. The summed E-state index contributed by atoms with van der Waals surface area (Å²) in [5.41, 5.74) is 5.62. The normalized spacial score (nSPS) is 15.3. The number of alkyl halides is 3. The summed E-state index contributed by atoms with van der Waals surface area (Å²) >= 11 is 0. The topological polar surface area (TPSA) is 44.5 Å². The average molecular weight is 329 g/mol. The van der Waals surface area contributed by atoms with Gasteiger partial charge in [0.1, 0.15) is 0 Å². The van der Waals surface area contributed by atoms with Crippen molar-refractivity contribution in [2.45, 2.75) is 70.4 Å². The van der Waals surface area contributed by atoms with E-state index < -0.39 is 27.0 Å². The summed E-state index contributed by atoms with van der Waals surface area (Å²) in [6.07, 6.45) is -4.57. The van der Waals surface area contributed by atoms with Crippen LogP contribution in [0.5, 0.6) is 0 Å². The van der Waals surface area contributed by atoms with Gasteiger partial charge in [0.15, 0.2) is 8.32 Å². The minimum Gasteiger partial charge on any atom is -0.414 e. The number of hydrogen-bond donors (Lipinski definition) is 1. The lowest BCUT2D eigenvalue weighted by atomic mass is 10.1. The highest BCUT2D eigenvalue weighted by molar-refractivity contribution is 6.74. The molecular formula is C14H30F3NO2Si. The molecule has 21 heavy (non-hydrogen) atoms. The van der Waals surface area contributed by atoms with Crippen LogP contribution in [-0.2, 0) is 9.16 Å². The van der Waals surface area contributed by atoms with Crippen LogP contribution in [0.4, 0.5) is 13.2 Å². The monoisotopic (exact) mass is 329 g/mol. The molecule has 0 aromatic rings. The Labute approximate surface area is 127 Å². The van der Waals surface area contributed by atoms with Crippen molar-refractivity contribution in [1.29, 1.82) is 0 Å². The average Bonchev–Trinajstić information content (AvgIpc) is 2.28. The van der Waals surface area contributed by atoms with Crippen LogP contribution in [0.25, 0.3) is 0 Å². The number of nitrogens with two attached hydrogens (primary N) is 1. The van der Waals surface area contributed by atoms with Gasteiger partial charge in [0, 0.05) is 19.1 Å². The Bertz CT molecular complexity index is 291. The molecule has 0 spiro atoms. The molecule has 1 unspecified atom stereocenters. The molecule has 7 heteroatoms. The highest BCUT2D eigenvalue weighted by Gasteiger charge is 2.36. The summed E-state index contributed by atoms with van der Waals surface area (Å²) in [6, 6.07) is -0.465. The van der Waals surface area contributed by atoms with Crippen LogP contribution in [0.15, 0.2) is 0 Å². The van der Waals surface area contributed by atoms with Crippen LogP contribution in [-0.4, -0.2) is 40.4 Å². The minimum atomic E-state index is -4.13. The Hall–Kier alpha value is -0.113. The van der Waals surface area contributed by atoms with Gasteiger partial charge in [0.2, 0.25) is 0 Å². The molecule has 0 aromatic heterocycles. The first-order chi connectivity index (χ1) is 9.35. The third-order valence-electron chi connectivity index (χ3n) is 3.93. The third-order valence-corrected chi connectivity index (χ3v) is 8.47. The molecule has 0 radical (unpaired) electrons. The van der Waals surface area contributed by atoms with E-state index in [1.165, 1.54) is 0 Å². The molecule has 1 atom stereocenters. The maximum atomic E-state index is 12.0. The highest BCUT2D eigenvalue weighted by atomic mass is 28.4. The number of rotatable bonds is 9. The van der Waals surface area contributed by atoms with E-state index in [1.54, 1.807) is 0 Å². The van der Waals surface area contributed by atoms with Crippen molar-refractivity contribution < 1.29 is 22.3 Å². The van der Waals surface area contributed by atoms with Gasteiger partial charge < -0.3 is 14.9 Å². The zero-order valence-electron chi connectivity index (χ0n) is 13.8. The first-order valence-electron chi connectivity index (χ1n) is 7.39.